The molecule has 1 aromatic carbocycles. The van der Waals surface area contributed by atoms with E-state index >= 15 is 0 Å². The maximum absolute atomic E-state index is 12.4. The minimum absolute atomic E-state index is 0.0369. The van der Waals surface area contributed by atoms with Gasteiger partial charge in [0.15, 0.2) is 0 Å². The zero-order chi connectivity index (χ0) is 15.2. The lowest BCUT2D eigenvalue weighted by atomic mass is 10.2. The molecule has 0 aliphatic rings. The van der Waals surface area contributed by atoms with E-state index in [1.165, 1.54) is 6.07 Å². The molecule has 1 aromatic rings. The third kappa shape index (κ3) is 4.15. The van der Waals surface area contributed by atoms with Crippen LogP contribution in [0.5, 0.6) is 5.75 Å². The Morgan fingerprint density at radius 1 is 1.45 bits per heavy atom. The average Bonchev–Trinajstić information content (AvgIpc) is 2.40. The standard InChI is InChI=1S/C14H20N2O3S/c1-4-7-12(5-2)16-20(17,18)14-10-11(15)8-9-13(14)19-6-3/h1,8-10,12,16H,5-7,15H2,2-3H3. The first-order valence-corrected chi connectivity index (χ1v) is 7.91. The summed E-state index contributed by atoms with van der Waals surface area (Å²) in [4.78, 5) is 0.0369. The first-order chi connectivity index (χ1) is 9.44. The van der Waals surface area contributed by atoms with Crippen molar-refractivity contribution in [3.05, 3.63) is 18.2 Å². The van der Waals surface area contributed by atoms with Gasteiger partial charge in [-0.2, -0.15) is 0 Å². The topological polar surface area (TPSA) is 81.4 Å². The third-order valence-corrected chi connectivity index (χ3v) is 4.28. The highest BCUT2D eigenvalue weighted by molar-refractivity contribution is 7.89. The Morgan fingerprint density at radius 2 is 2.15 bits per heavy atom. The van der Waals surface area contributed by atoms with E-state index in [-0.39, 0.29) is 16.7 Å². The molecule has 0 fully saturated rings. The van der Waals surface area contributed by atoms with E-state index in [0.29, 0.717) is 25.1 Å². The molecule has 0 radical (unpaired) electrons. The molecule has 1 rings (SSSR count). The largest absolute Gasteiger partial charge is 0.492 e. The quantitative estimate of drug-likeness (QED) is 0.593. The van der Waals surface area contributed by atoms with E-state index in [1.54, 1.807) is 19.1 Å². The first kappa shape index (κ1) is 16.3. The number of hydrogen-bond acceptors (Lipinski definition) is 4. The van der Waals surface area contributed by atoms with E-state index in [1.807, 2.05) is 6.92 Å². The average molecular weight is 296 g/mol. The zero-order valence-corrected chi connectivity index (χ0v) is 12.5. The van der Waals surface area contributed by atoms with Gasteiger partial charge in [-0.1, -0.05) is 6.92 Å². The van der Waals surface area contributed by atoms with Gasteiger partial charge in [-0.05, 0) is 31.5 Å². The fourth-order valence-electron chi connectivity index (χ4n) is 1.70. The van der Waals surface area contributed by atoms with Crippen LogP contribution < -0.4 is 15.2 Å². The van der Waals surface area contributed by atoms with Crippen molar-refractivity contribution in [2.24, 2.45) is 0 Å². The van der Waals surface area contributed by atoms with Crippen LogP contribution in [0.1, 0.15) is 26.7 Å². The molecule has 0 aliphatic carbocycles. The summed E-state index contributed by atoms with van der Waals surface area (Å²) in [7, 11) is -3.72. The Labute approximate surface area is 120 Å². The zero-order valence-electron chi connectivity index (χ0n) is 11.7. The molecule has 0 saturated heterocycles. The third-order valence-electron chi connectivity index (χ3n) is 2.74. The minimum atomic E-state index is -3.72. The molecule has 1 unspecified atom stereocenters. The van der Waals surface area contributed by atoms with Gasteiger partial charge in [0.25, 0.3) is 0 Å². The molecule has 1 atom stereocenters. The summed E-state index contributed by atoms with van der Waals surface area (Å²) in [5.74, 6) is 2.74. The SMILES string of the molecule is C#CCC(CC)NS(=O)(=O)c1cc(N)ccc1OCC. The summed E-state index contributed by atoms with van der Waals surface area (Å²) in [6.07, 6.45) is 6.18. The Morgan fingerprint density at radius 3 is 2.70 bits per heavy atom. The highest BCUT2D eigenvalue weighted by Gasteiger charge is 2.23. The molecular formula is C14H20N2O3S. The second-order valence-electron chi connectivity index (χ2n) is 4.27. The molecule has 20 heavy (non-hydrogen) atoms. The van der Waals surface area contributed by atoms with Crippen LogP contribution in [0.3, 0.4) is 0 Å². The maximum atomic E-state index is 12.4. The maximum Gasteiger partial charge on any atom is 0.244 e. The van der Waals surface area contributed by atoms with Gasteiger partial charge in [0.05, 0.1) is 6.61 Å². The highest BCUT2D eigenvalue weighted by Crippen LogP contribution is 2.26. The van der Waals surface area contributed by atoms with E-state index in [0.717, 1.165) is 0 Å². The summed E-state index contributed by atoms with van der Waals surface area (Å²) in [6.45, 7) is 4.02. The van der Waals surface area contributed by atoms with Gasteiger partial charge in [-0.25, -0.2) is 13.1 Å². The van der Waals surface area contributed by atoms with Crippen molar-refractivity contribution in [1.82, 2.24) is 4.72 Å². The number of rotatable bonds is 7. The van der Waals surface area contributed by atoms with E-state index in [9.17, 15) is 8.42 Å². The van der Waals surface area contributed by atoms with Crippen LogP contribution in [0.4, 0.5) is 5.69 Å². The highest BCUT2D eigenvalue weighted by atomic mass is 32.2. The van der Waals surface area contributed by atoms with Crippen molar-refractivity contribution in [3.63, 3.8) is 0 Å². The second kappa shape index (κ2) is 7.17. The van der Waals surface area contributed by atoms with E-state index in [2.05, 4.69) is 10.6 Å². The lowest BCUT2D eigenvalue weighted by Crippen LogP contribution is -2.34. The van der Waals surface area contributed by atoms with Gasteiger partial charge in [0.2, 0.25) is 10.0 Å². The normalized spacial score (nSPS) is 12.7. The van der Waals surface area contributed by atoms with Crippen LogP contribution in [0.15, 0.2) is 23.1 Å². The van der Waals surface area contributed by atoms with Crippen LogP contribution in [-0.2, 0) is 10.0 Å². The van der Waals surface area contributed by atoms with Crippen LogP contribution in [0.25, 0.3) is 0 Å². The number of terminal acetylenes is 1. The number of benzene rings is 1. The molecular weight excluding hydrogens is 276 g/mol. The number of ether oxygens (including phenoxy) is 1. The summed E-state index contributed by atoms with van der Waals surface area (Å²) < 4.78 is 32.7. The molecule has 0 bridgehead atoms. The number of sulfonamides is 1. The van der Waals surface area contributed by atoms with Crippen molar-refractivity contribution in [1.29, 1.82) is 0 Å². The molecule has 0 amide bonds. The predicted octanol–water partition coefficient (Wildman–Crippen LogP) is 1.75. The van der Waals surface area contributed by atoms with Gasteiger partial charge in [0, 0.05) is 18.2 Å². The van der Waals surface area contributed by atoms with Crippen LogP contribution in [0.2, 0.25) is 0 Å². The number of nitrogen functional groups attached to an aromatic ring is 1. The van der Waals surface area contributed by atoms with Crippen molar-refractivity contribution < 1.29 is 13.2 Å². The predicted molar refractivity (Wildman–Crippen MR) is 79.9 cm³/mol. The first-order valence-electron chi connectivity index (χ1n) is 6.42. The Balaban J connectivity index is 3.14. The summed E-state index contributed by atoms with van der Waals surface area (Å²) in [5.41, 5.74) is 6.02. The van der Waals surface area contributed by atoms with Crippen molar-refractivity contribution >= 4 is 15.7 Å². The van der Waals surface area contributed by atoms with Gasteiger partial charge < -0.3 is 10.5 Å². The van der Waals surface area contributed by atoms with Gasteiger partial charge in [0.1, 0.15) is 10.6 Å². The number of hydrogen-bond donors (Lipinski definition) is 2. The van der Waals surface area contributed by atoms with E-state index in [4.69, 9.17) is 16.9 Å². The van der Waals surface area contributed by atoms with Crippen molar-refractivity contribution in [2.75, 3.05) is 12.3 Å². The molecule has 6 heteroatoms. The monoisotopic (exact) mass is 296 g/mol. The van der Waals surface area contributed by atoms with Gasteiger partial charge in [-0.3, -0.25) is 0 Å². The molecule has 0 spiro atoms. The molecule has 0 aliphatic heterocycles. The number of anilines is 1. The Kier molecular flexibility index (Phi) is 5.86. The molecule has 0 aromatic heterocycles. The Bertz CT molecular complexity index is 591. The van der Waals surface area contributed by atoms with Crippen LogP contribution >= 0.6 is 0 Å². The number of nitrogens with two attached hydrogens (primary N) is 1. The van der Waals surface area contributed by atoms with E-state index < -0.39 is 10.0 Å². The molecule has 5 nitrogen and oxygen atoms in total. The lowest BCUT2D eigenvalue weighted by Gasteiger charge is -2.17. The molecule has 0 heterocycles. The number of nitrogens with one attached hydrogen (secondary N) is 1. The summed E-state index contributed by atoms with van der Waals surface area (Å²) in [6, 6.07) is 4.23. The lowest BCUT2D eigenvalue weighted by molar-refractivity contribution is 0.331. The molecule has 110 valence electrons. The van der Waals surface area contributed by atoms with Gasteiger partial charge >= 0.3 is 0 Å². The summed E-state index contributed by atoms with van der Waals surface area (Å²) in [5, 5.41) is 0. The summed E-state index contributed by atoms with van der Waals surface area (Å²) >= 11 is 0. The van der Waals surface area contributed by atoms with Crippen molar-refractivity contribution in [2.45, 2.75) is 37.6 Å². The fourth-order valence-corrected chi connectivity index (χ4v) is 3.20. The van der Waals surface area contributed by atoms with Crippen molar-refractivity contribution in [3.8, 4) is 18.1 Å². The minimum Gasteiger partial charge on any atom is -0.492 e. The molecule has 0 saturated carbocycles. The fraction of sp³-hybridized carbons (Fsp3) is 0.429. The van der Waals surface area contributed by atoms with Gasteiger partial charge in [-0.15, -0.1) is 12.3 Å². The van der Waals surface area contributed by atoms with Crippen LogP contribution in [-0.4, -0.2) is 21.1 Å². The molecule has 3 N–H and O–H groups in total. The Hall–Kier alpha value is -1.71. The second-order valence-corrected chi connectivity index (χ2v) is 5.96. The van der Waals surface area contributed by atoms with Crippen LogP contribution in [0, 0.1) is 12.3 Å². The smallest absolute Gasteiger partial charge is 0.244 e.